The highest BCUT2D eigenvalue weighted by atomic mass is 32.2. The van der Waals surface area contributed by atoms with Gasteiger partial charge in [-0.25, -0.2) is 18.2 Å². The lowest BCUT2D eigenvalue weighted by atomic mass is 10.2. The number of nitrogens with zero attached hydrogens (tertiary/aromatic N) is 3. The van der Waals surface area contributed by atoms with Crippen molar-refractivity contribution in [3.63, 3.8) is 0 Å². The third-order valence-corrected chi connectivity index (χ3v) is 5.77. The van der Waals surface area contributed by atoms with E-state index in [2.05, 4.69) is 19.9 Å². The minimum Gasteiger partial charge on any atom is -0.454 e. The summed E-state index contributed by atoms with van der Waals surface area (Å²) in [6.45, 7) is 1.68. The maximum Gasteiger partial charge on any atom is 0.338 e. The SMILES string of the molecule is Cc1cccc(NS(=O)(=O)c2cccc(C(=O)OCc3nnc4ccccc4n3)c2)c1. The van der Waals surface area contributed by atoms with Gasteiger partial charge in [-0.1, -0.05) is 30.3 Å². The number of aromatic nitrogens is 3. The van der Waals surface area contributed by atoms with E-state index >= 15 is 0 Å². The monoisotopic (exact) mass is 434 g/mol. The zero-order chi connectivity index (χ0) is 21.8. The number of anilines is 1. The number of rotatable bonds is 6. The summed E-state index contributed by atoms with van der Waals surface area (Å²) in [5, 5.41) is 7.97. The van der Waals surface area contributed by atoms with Gasteiger partial charge in [0.05, 0.1) is 16.0 Å². The van der Waals surface area contributed by atoms with E-state index in [4.69, 9.17) is 4.74 Å². The van der Waals surface area contributed by atoms with Gasteiger partial charge in [0.15, 0.2) is 12.4 Å². The molecule has 0 bridgehead atoms. The van der Waals surface area contributed by atoms with Gasteiger partial charge >= 0.3 is 5.97 Å². The molecule has 4 aromatic rings. The maximum atomic E-state index is 12.7. The Hall–Kier alpha value is -3.85. The van der Waals surface area contributed by atoms with Crippen LogP contribution in [-0.4, -0.2) is 29.6 Å². The van der Waals surface area contributed by atoms with Crippen LogP contribution in [0.5, 0.6) is 0 Å². The molecular weight excluding hydrogens is 416 g/mol. The number of para-hydroxylation sites is 1. The summed E-state index contributed by atoms with van der Waals surface area (Å²) in [4.78, 5) is 16.7. The van der Waals surface area contributed by atoms with Crippen molar-refractivity contribution in [1.29, 1.82) is 0 Å². The number of nitrogens with one attached hydrogen (secondary N) is 1. The molecule has 1 aromatic heterocycles. The van der Waals surface area contributed by atoms with Crippen molar-refractivity contribution in [3.05, 3.63) is 89.7 Å². The number of esters is 1. The van der Waals surface area contributed by atoms with Crippen LogP contribution in [0.25, 0.3) is 11.0 Å². The van der Waals surface area contributed by atoms with E-state index < -0.39 is 16.0 Å². The number of sulfonamides is 1. The first-order valence-electron chi connectivity index (χ1n) is 9.36. The van der Waals surface area contributed by atoms with Crippen LogP contribution in [0.15, 0.2) is 77.7 Å². The van der Waals surface area contributed by atoms with Crippen molar-refractivity contribution in [2.24, 2.45) is 0 Å². The van der Waals surface area contributed by atoms with E-state index in [-0.39, 0.29) is 22.9 Å². The van der Waals surface area contributed by atoms with Crippen LogP contribution in [0.3, 0.4) is 0 Å². The molecule has 0 aliphatic heterocycles. The van der Waals surface area contributed by atoms with E-state index in [1.54, 1.807) is 30.3 Å². The highest BCUT2D eigenvalue weighted by Crippen LogP contribution is 2.19. The molecule has 0 unspecified atom stereocenters. The largest absolute Gasteiger partial charge is 0.454 e. The molecule has 1 heterocycles. The Balaban J connectivity index is 1.48. The predicted octanol–water partition coefficient (Wildman–Crippen LogP) is 3.49. The predicted molar refractivity (Wildman–Crippen MR) is 115 cm³/mol. The lowest BCUT2D eigenvalue weighted by Crippen LogP contribution is -2.14. The molecule has 156 valence electrons. The first-order chi connectivity index (χ1) is 14.9. The third-order valence-electron chi connectivity index (χ3n) is 4.39. The quantitative estimate of drug-likeness (QED) is 0.462. The molecule has 8 nitrogen and oxygen atoms in total. The first kappa shape index (κ1) is 20.4. The minimum atomic E-state index is -3.87. The van der Waals surface area contributed by atoms with Crippen LogP contribution in [0.4, 0.5) is 5.69 Å². The van der Waals surface area contributed by atoms with Crippen LogP contribution in [0.2, 0.25) is 0 Å². The molecule has 0 spiro atoms. The molecule has 31 heavy (non-hydrogen) atoms. The lowest BCUT2D eigenvalue weighted by Gasteiger charge is -2.10. The van der Waals surface area contributed by atoms with Crippen LogP contribution in [0.1, 0.15) is 21.7 Å². The van der Waals surface area contributed by atoms with Crippen molar-refractivity contribution < 1.29 is 17.9 Å². The summed E-state index contributed by atoms with van der Waals surface area (Å²) in [6.07, 6.45) is 0. The summed E-state index contributed by atoms with van der Waals surface area (Å²) in [7, 11) is -3.87. The zero-order valence-corrected chi connectivity index (χ0v) is 17.3. The lowest BCUT2D eigenvalue weighted by molar-refractivity contribution is 0.0461. The Morgan fingerprint density at radius 2 is 1.71 bits per heavy atom. The number of carbonyl (C=O) groups is 1. The number of aryl methyl sites for hydroxylation is 1. The Labute approximate surface area is 179 Å². The van der Waals surface area contributed by atoms with Crippen LogP contribution >= 0.6 is 0 Å². The molecule has 0 atom stereocenters. The van der Waals surface area contributed by atoms with Crippen molar-refractivity contribution in [2.45, 2.75) is 18.4 Å². The molecule has 0 radical (unpaired) electrons. The number of ether oxygens (including phenoxy) is 1. The zero-order valence-electron chi connectivity index (χ0n) is 16.5. The van der Waals surface area contributed by atoms with E-state index in [1.165, 1.54) is 24.3 Å². The fourth-order valence-electron chi connectivity index (χ4n) is 2.90. The fourth-order valence-corrected chi connectivity index (χ4v) is 4.00. The maximum absolute atomic E-state index is 12.7. The van der Waals surface area contributed by atoms with Gasteiger partial charge < -0.3 is 4.74 Å². The highest BCUT2D eigenvalue weighted by Gasteiger charge is 2.17. The topological polar surface area (TPSA) is 111 Å². The molecule has 9 heteroatoms. The average molecular weight is 434 g/mol. The highest BCUT2D eigenvalue weighted by molar-refractivity contribution is 7.92. The smallest absolute Gasteiger partial charge is 0.338 e. The summed E-state index contributed by atoms with van der Waals surface area (Å²) >= 11 is 0. The summed E-state index contributed by atoms with van der Waals surface area (Å²) in [5.74, 6) is -0.443. The molecule has 0 saturated carbocycles. The number of hydrogen-bond donors (Lipinski definition) is 1. The standard InChI is InChI=1S/C22H18N4O4S/c1-15-6-4-8-17(12-15)26-31(28,29)18-9-5-7-16(13-18)22(27)30-14-21-23-19-10-2-3-11-20(19)24-25-21/h2-13,26H,14H2,1H3. The van der Waals surface area contributed by atoms with Gasteiger partial charge in [0.2, 0.25) is 0 Å². The molecule has 0 saturated heterocycles. The van der Waals surface area contributed by atoms with Gasteiger partial charge in [-0.2, -0.15) is 0 Å². The van der Waals surface area contributed by atoms with Crippen LogP contribution in [-0.2, 0) is 21.4 Å². The number of fused-ring (bicyclic) bond motifs is 1. The van der Waals surface area contributed by atoms with Gasteiger partial charge in [0.1, 0.15) is 5.52 Å². The minimum absolute atomic E-state index is 0.0490. The van der Waals surface area contributed by atoms with Crippen molar-refractivity contribution in [2.75, 3.05) is 4.72 Å². The Morgan fingerprint density at radius 3 is 2.52 bits per heavy atom. The van der Waals surface area contributed by atoms with Crippen LogP contribution in [0, 0.1) is 6.92 Å². The van der Waals surface area contributed by atoms with Gasteiger partial charge in [-0.15, -0.1) is 10.2 Å². The molecule has 4 rings (SSSR count). The molecule has 0 aliphatic rings. The van der Waals surface area contributed by atoms with Gasteiger partial charge in [0, 0.05) is 5.69 Å². The second-order valence-corrected chi connectivity index (χ2v) is 8.48. The van der Waals surface area contributed by atoms with Gasteiger partial charge in [-0.05, 0) is 55.0 Å². The molecule has 0 aliphatic carbocycles. The number of benzene rings is 3. The van der Waals surface area contributed by atoms with Crippen molar-refractivity contribution in [1.82, 2.24) is 15.2 Å². The molecule has 3 aromatic carbocycles. The summed E-state index contributed by atoms with van der Waals surface area (Å²) in [5.41, 5.74) is 2.73. The van der Waals surface area contributed by atoms with Crippen molar-refractivity contribution in [3.8, 4) is 0 Å². The van der Waals surface area contributed by atoms with Gasteiger partial charge in [-0.3, -0.25) is 4.72 Å². The molecule has 1 N–H and O–H groups in total. The molecule has 0 fully saturated rings. The van der Waals surface area contributed by atoms with Gasteiger partial charge in [0.25, 0.3) is 10.0 Å². The summed E-state index contributed by atoms with van der Waals surface area (Å²) in [6, 6.07) is 19.8. The fraction of sp³-hybridized carbons (Fsp3) is 0.0909. The summed E-state index contributed by atoms with van der Waals surface area (Å²) < 4.78 is 33.2. The second kappa shape index (κ2) is 8.49. The first-order valence-corrected chi connectivity index (χ1v) is 10.8. The average Bonchev–Trinajstić information content (AvgIpc) is 2.77. The van der Waals surface area contributed by atoms with E-state index in [9.17, 15) is 13.2 Å². The van der Waals surface area contributed by atoms with Crippen molar-refractivity contribution >= 4 is 32.7 Å². The van der Waals surface area contributed by atoms with Crippen LogP contribution < -0.4 is 4.72 Å². The Bertz CT molecular complexity index is 1370. The van der Waals surface area contributed by atoms with E-state index in [0.717, 1.165) is 5.56 Å². The second-order valence-electron chi connectivity index (χ2n) is 6.80. The molecule has 0 amide bonds. The Kier molecular flexibility index (Phi) is 5.59. The number of hydrogen-bond acceptors (Lipinski definition) is 7. The Morgan fingerprint density at radius 1 is 0.935 bits per heavy atom. The number of carbonyl (C=O) groups excluding carboxylic acids is 1. The van der Waals surface area contributed by atoms with E-state index in [0.29, 0.717) is 16.7 Å². The van der Waals surface area contributed by atoms with E-state index in [1.807, 2.05) is 25.1 Å². The molecular formula is C22H18N4O4S. The normalized spacial score (nSPS) is 11.3. The third kappa shape index (κ3) is 4.84.